The molecule has 2 rings (SSSR count). The molecule has 0 aromatic carbocycles. The Bertz CT molecular complexity index is 399. The molecule has 1 saturated carbocycles. The van der Waals surface area contributed by atoms with E-state index in [0.29, 0.717) is 24.7 Å². The fourth-order valence-corrected chi connectivity index (χ4v) is 3.77. The number of hydrogen-bond acceptors (Lipinski definition) is 2. The maximum Gasteiger partial charge on any atom is 0.329 e. The largest absolute Gasteiger partial charge is 0.480 e. The average Bonchev–Trinajstić information content (AvgIpc) is 2.68. The summed E-state index contributed by atoms with van der Waals surface area (Å²) in [6.45, 7) is 6.93. The SMILES string of the molecule is CC1CC(C)N(C(=O)NC2(C(=O)O)CCCC(C)C2)C1. The molecule has 4 atom stereocenters. The van der Waals surface area contributed by atoms with Gasteiger partial charge in [0.15, 0.2) is 0 Å². The van der Waals surface area contributed by atoms with Gasteiger partial charge < -0.3 is 15.3 Å². The van der Waals surface area contributed by atoms with Crippen molar-refractivity contribution < 1.29 is 14.7 Å². The molecule has 114 valence electrons. The Hall–Kier alpha value is -1.26. The van der Waals surface area contributed by atoms with Gasteiger partial charge in [0.05, 0.1) is 0 Å². The van der Waals surface area contributed by atoms with Crippen LogP contribution in [0.15, 0.2) is 0 Å². The molecule has 5 nitrogen and oxygen atoms in total. The van der Waals surface area contributed by atoms with E-state index in [9.17, 15) is 14.7 Å². The van der Waals surface area contributed by atoms with Gasteiger partial charge in [0, 0.05) is 12.6 Å². The lowest BCUT2D eigenvalue weighted by molar-refractivity contribution is -0.146. The molecule has 2 N–H and O–H groups in total. The van der Waals surface area contributed by atoms with Crippen LogP contribution in [0.3, 0.4) is 0 Å². The molecule has 0 radical (unpaired) electrons. The van der Waals surface area contributed by atoms with Crippen molar-refractivity contribution in [1.29, 1.82) is 0 Å². The Morgan fingerprint density at radius 2 is 1.95 bits per heavy atom. The Kier molecular flexibility index (Phi) is 4.25. The summed E-state index contributed by atoms with van der Waals surface area (Å²) in [5, 5.41) is 12.4. The minimum Gasteiger partial charge on any atom is -0.480 e. The quantitative estimate of drug-likeness (QED) is 0.817. The minimum absolute atomic E-state index is 0.192. The summed E-state index contributed by atoms with van der Waals surface area (Å²) in [7, 11) is 0. The third-order valence-electron chi connectivity index (χ3n) is 4.80. The number of nitrogens with zero attached hydrogens (tertiary/aromatic N) is 1. The van der Waals surface area contributed by atoms with Gasteiger partial charge >= 0.3 is 12.0 Å². The van der Waals surface area contributed by atoms with E-state index >= 15 is 0 Å². The highest BCUT2D eigenvalue weighted by Crippen LogP contribution is 2.33. The first kappa shape index (κ1) is 15.1. The highest BCUT2D eigenvalue weighted by Gasteiger charge is 2.45. The van der Waals surface area contributed by atoms with Crippen molar-refractivity contribution >= 4 is 12.0 Å². The second kappa shape index (κ2) is 5.62. The summed E-state index contributed by atoms with van der Waals surface area (Å²) < 4.78 is 0. The smallest absolute Gasteiger partial charge is 0.329 e. The van der Waals surface area contributed by atoms with Gasteiger partial charge in [-0.3, -0.25) is 0 Å². The molecular weight excluding hydrogens is 256 g/mol. The summed E-state index contributed by atoms with van der Waals surface area (Å²) in [5.41, 5.74) is -1.07. The van der Waals surface area contributed by atoms with Crippen LogP contribution in [0, 0.1) is 11.8 Å². The van der Waals surface area contributed by atoms with Crippen LogP contribution < -0.4 is 5.32 Å². The van der Waals surface area contributed by atoms with Gasteiger partial charge in [-0.05, 0) is 38.0 Å². The molecule has 2 amide bonds. The van der Waals surface area contributed by atoms with Crippen LogP contribution in [-0.4, -0.2) is 40.1 Å². The molecule has 0 bridgehead atoms. The van der Waals surface area contributed by atoms with Crippen LogP contribution >= 0.6 is 0 Å². The first-order chi connectivity index (χ1) is 9.34. The standard InChI is InChI=1S/C15H26N2O3/c1-10-5-4-6-15(8-10,13(18)19)16-14(20)17-9-11(2)7-12(17)3/h10-12H,4-9H2,1-3H3,(H,16,20)(H,18,19). The van der Waals surface area contributed by atoms with Crippen LogP contribution in [-0.2, 0) is 4.79 Å². The molecule has 1 aliphatic carbocycles. The first-order valence-corrected chi connectivity index (χ1v) is 7.66. The maximum absolute atomic E-state index is 12.4. The van der Waals surface area contributed by atoms with Crippen molar-refractivity contribution in [2.75, 3.05) is 6.54 Å². The van der Waals surface area contributed by atoms with Gasteiger partial charge in [0.2, 0.25) is 0 Å². The lowest BCUT2D eigenvalue weighted by Gasteiger charge is -2.38. The summed E-state index contributed by atoms with van der Waals surface area (Å²) in [5.74, 6) is -0.0609. The fourth-order valence-electron chi connectivity index (χ4n) is 3.77. The average molecular weight is 282 g/mol. The van der Waals surface area contributed by atoms with Crippen molar-refractivity contribution in [2.45, 2.75) is 64.5 Å². The summed E-state index contributed by atoms with van der Waals surface area (Å²) in [6.07, 6.45) is 3.97. The van der Waals surface area contributed by atoms with E-state index in [1.54, 1.807) is 4.90 Å². The summed E-state index contributed by atoms with van der Waals surface area (Å²) >= 11 is 0. The van der Waals surface area contributed by atoms with Crippen LogP contribution in [0.2, 0.25) is 0 Å². The van der Waals surface area contributed by atoms with E-state index in [1.807, 2.05) is 6.92 Å². The highest BCUT2D eigenvalue weighted by molar-refractivity contribution is 5.86. The molecule has 1 heterocycles. The van der Waals surface area contributed by atoms with Crippen LogP contribution in [0.4, 0.5) is 4.79 Å². The molecule has 0 aromatic heterocycles. The number of carboxylic acids is 1. The zero-order valence-corrected chi connectivity index (χ0v) is 12.7. The zero-order valence-electron chi connectivity index (χ0n) is 12.7. The molecule has 5 heteroatoms. The Morgan fingerprint density at radius 3 is 2.45 bits per heavy atom. The molecule has 1 aliphatic heterocycles. The lowest BCUT2D eigenvalue weighted by atomic mass is 9.76. The van der Waals surface area contributed by atoms with Crippen molar-refractivity contribution in [2.24, 2.45) is 11.8 Å². The molecule has 1 saturated heterocycles. The van der Waals surface area contributed by atoms with Crippen LogP contribution in [0.5, 0.6) is 0 Å². The number of nitrogens with one attached hydrogen (secondary N) is 1. The first-order valence-electron chi connectivity index (χ1n) is 7.66. The van der Waals surface area contributed by atoms with E-state index in [4.69, 9.17) is 0 Å². The number of likely N-dealkylation sites (tertiary alicyclic amines) is 1. The third-order valence-corrected chi connectivity index (χ3v) is 4.80. The second-order valence-electron chi connectivity index (χ2n) is 6.86. The summed E-state index contributed by atoms with van der Waals surface area (Å²) in [4.78, 5) is 25.9. The molecule has 2 fully saturated rings. The third kappa shape index (κ3) is 2.91. The normalized spacial score (nSPS) is 37.8. The monoisotopic (exact) mass is 282 g/mol. The summed E-state index contributed by atoms with van der Waals surface area (Å²) in [6, 6.07) is -0.0183. The second-order valence-corrected chi connectivity index (χ2v) is 6.86. The molecule has 0 spiro atoms. The number of amides is 2. The number of rotatable bonds is 2. The number of urea groups is 1. The Balaban J connectivity index is 2.08. The van der Waals surface area contributed by atoms with Gasteiger partial charge in [0.25, 0.3) is 0 Å². The molecule has 2 aliphatic rings. The zero-order chi connectivity index (χ0) is 14.9. The lowest BCUT2D eigenvalue weighted by Crippen LogP contribution is -2.60. The van der Waals surface area contributed by atoms with Gasteiger partial charge in [0.1, 0.15) is 5.54 Å². The van der Waals surface area contributed by atoms with E-state index in [1.165, 1.54) is 0 Å². The van der Waals surface area contributed by atoms with E-state index < -0.39 is 11.5 Å². The van der Waals surface area contributed by atoms with E-state index in [0.717, 1.165) is 25.8 Å². The fraction of sp³-hybridized carbons (Fsp3) is 0.867. The number of carbonyl (C=O) groups is 2. The highest BCUT2D eigenvalue weighted by atomic mass is 16.4. The van der Waals surface area contributed by atoms with Gasteiger partial charge in [-0.15, -0.1) is 0 Å². The number of carbonyl (C=O) groups excluding carboxylic acids is 1. The molecular formula is C15H26N2O3. The van der Waals surface area contributed by atoms with Gasteiger partial charge in [-0.25, -0.2) is 9.59 Å². The van der Waals surface area contributed by atoms with Crippen molar-refractivity contribution in [1.82, 2.24) is 10.2 Å². The maximum atomic E-state index is 12.4. The van der Waals surface area contributed by atoms with Crippen LogP contribution in [0.25, 0.3) is 0 Å². The van der Waals surface area contributed by atoms with E-state index in [2.05, 4.69) is 19.2 Å². The number of aliphatic carboxylic acids is 1. The molecule has 4 unspecified atom stereocenters. The van der Waals surface area contributed by atoms with Crippen molar-refractivity contribution in [3.05, 3.63) is 0 Å². The molecule has 0 aromatic rings. The minimum atomic E-state index is -1.07. The van der Waals surface area contributed by atoms with Crippen molar-refractivity contribution in [3.8, 4) is 0 Å². The topological polar surface area (TPSA) is 69.6 Å². The van der Waals surface area contributed by atoms with Gasteiger partial charge in [-0.1, -0.05) is 26.7 Å². The van der Waals surface area contributed by atoms with Crippen molar-refractivity contribution in [3.63, 3.8) is 0 Å². The Morgan fingerprint density at radius 1 is 1.25 bits per heavy atom. The number of hydrogen-bond donors (Lipinski definition) is 2. The molecule has 20 heavy (non-hydrogen) atoms. The van der Waals surface area contributed by atoms with Crippen LogP contribution in [0.1, 0.15) is 52.9 Å². The Labute approximate surface area is 120 Å². The number of carboxylic acid groups (broad SMARTS) is 1. The predicted molar refractivity (Wildman–Crippen MR) is 76.5 cm³/mol. The predicted octanol–water partition coefficient (Wildman–Crippen LogP) is 2.46. The van der Waals surface area contributed by atoms with E-state index in [-0.39, 0.29) is 12.1 Å². The van der Waals surface area contributed by atoms with Gasteiger partial charge in [-0.2, -0.15) is 0 Å².